The van der Waals surface area contributed by atoms with Gasteiger partial charge in [-0.25, -0.2) is 0 Å². The number of hydrogen-bond donors (Lipinski definition) is 2. The van der Waals surface area contributed by atoms with Gasteiger partial charge in [0.25, 0.3) is 0 Å². The highest BCUT2D eigenvalue weighted by Gasteiger charge is 2.43. The first-order valence-electron chi connectivity index (χ1n) is 6.17. The Bertz CT molecular complexity index is 381. The van der Waals surface area contributed by atoms with E-state index in [9.17, 15) is 5.11 Å². The lowest BCUT2D eigenvalue weighted by atomic mass is 9.99. The second-order valence-corrected chi connectivity index (χ2v) is 5.19. The Morgan fingerprint density at radius 1 is 1.29 bits per heavy atom. The van der Waals surface area contributed by atoms with Crippen LogP contribution >= 0.6 is 0 Å². The normalized spacial score (nSPS) is 18.8. The molecule has 0 spiro atoms. The van der Waals surface area contributed by atoms with Gasteiger partial charge in [0.05, 0.1) is 0 Å². The largest absolute Gasteiger partial charge is 0.491 e. The maximum atomic E-state index is 10.3. The molecule has 1 aromatic carbocycles. The third-order valence-electron chi connectivity index (χ3n) is 3.37. The highest BCUT2D eigenvalue weighted by molar-refractivity contribution is 5.33. The molecule has 3 N–H and O–H groups in total. The predicted molar refractivity (Wildman–Crippen MR) is 68.1 cm³/mol. The summed E-state index contributed by atoms with van der Waals surface area (Å²) in [5, 5.41) is 10.3. The summed E-state index contributed by atoms with van der Waals surface area (Å²) in [6.45, 7) is 4.63. The lowest BCUT2D eigenvalue weighted by Crippen LogP contribution is -2.45. The van der Waals surface area contributed by atoms with Gasteiger partial charge < -0.3 is 15.6 Å². The first kappa shape index (κ1) is 12.4. The summed E-state index contributed by atoms with van der Waals surface area (Å²) >= 11 is 0. The van der Waals surface area contributed by atoms with E-state index in [2.05, 4.69) is 6.07 Å². The first-order chi connectivity index (χ1) is 8.03. The zero-order valence-electron chi connectivity index (χ0n) is 10.6. The molecule has 2 rings (SSSR count). The van der Waals surface area contributed by atoms with Crippen LogP contribution in [-0.4, -0.2) is 23.9 Å². The molecule has 1 aliphatic rings. The maximum absolute atomic E-state index is 10.3. The topological polar surface area (TPSA) is 55.5 Å². The predicted octanol–water partition coefficient (Wildman–Crippen LogP) is 1.78. The first-order valence-corrected chi connectivity index (χ1v) is 6.17. The van der Waals surface area contributed by atoms with Crippen LogP contribution in [0.5, 0.6) is 5.75 Å². The third kappa shape index (κ3) is 2.99. The van der Waals surface area contributed by atoms with Gasteiger partial charge in [-0.05, 0) is 55.9 Å². The van der Waals surface area contributed by atoms with Crippen molar-refractivity contribution in [1.82, 2.24) is 0 Å². The van der Waals surface area contributed by atoms with Crippen molar-refractivity contribution in [3.63, 3.8) is 0 Å². The van der Waals surface area contributed by atoms with Crippen molar-refractivity contribution in [2.45, 2.75) is 32.3 Å². The van der Waals surface area contributed by atoms with Gasteiger partial charge in [0.2, 0.25) is 0 Å². The molecule has 1 unspecified atom stereocenters. The lowest BCUT2D eigenvalue weighted by molar-refractivity contribution is -0.0162. The number of aliphatic hydroxyl groups is 1. The standard InChI is InChI=1S/C14H21NO2/c1-10-5-11(2)7-13(6-10)17-9-14(16,8-15)12-3-4-12/h5-7,12,16H,3-4,8-9,15H2,1-2H3. The van der Waals surface area contributed by atoms with Crippen LogP contribution in [0.2, 0.25) is 0 Å². The van der Waals surface area contributed by atoms with Crippen molar-refractivity contribution in [3.05, 3.63) is 29.3 Å². The van der Waals surface area contributed by atoms with Gasteiger partial charge in [0, 0.05) is 6.54 Å². The molecule has 0 bridgehead atoms. The summed E-state index contributed by atoms with van der Waals surface area (Å²) in [5.74, 6) is 1.13. The van der Waals surface area contributed by atoms with E-state index in [1.54, 1.807) is 0 Å². The molecular weight excluding hydrogens is 214 g/mol. The average Bonchev–Trinajstić information content (AvgIpc) is 3.08. The van der Waals surface area contributed by atoms with Crippen LogP contribution < -0.4 is 10.5 Å². The van der Waals surface area contributed by atoms with Crippen molar-refractivity contribution in [3.8, 4) is 5.75 Å². The number of hydrogen-bond acceptors (Lipinski definition) is 3. The summed E-state index contributed by atoms with van der Waals surface area (Å²) in [6.07, 6.45) is 2.12. The van der Waals surface area contributed by atoms with Crippen molar-refractivity contribution in [2.75, 3.05) is 13.2 Å². The molecule has 1 aromatic rings. The van der Waals surface area contributed by atoms with Gasteiger partial charge in [0.1, 0.15) is 18.0 Å². The molecule has 0 saturated heterocycles. The van der Waals surface area contributed by atoms with E-state index in [-0.39, 0.29) is 13.2 Å². The fraction of sp³-hybridized carbons (Fsp3) is 0.571. The SMILES string of the molecule is Cc1cc(C)cc(OCC(O)(CN)C2CC2)c1. The van der Waals surface area contributed by atoms with E-state index in [0.717, 1.165) is 18.6 Å². The Kier molecular flexibility index (Phi) is 3.40. The summed E-state index contributed by atoms with van der Waals surface area (Å²) in [6, 6.07) is 6.07. The van der Waals surface area contributed by atoms with Crippen LogP contribution in [0.1, 0.15) is 24.0 Å². The molecule has 0 heterocycles. The van der Waals surface area contributed by atoms with Crippen molar-refractivity contribution in [2.24, 2.45) is 11.7 Å². The van der Waals surface area contributed by atoms with Gasteiger partial charge in [-0.3, -0.25) is 0 Å². The fourth-order valence-electron chi connectivity index (χ4n) is 2.19. The second-order valence-electron chi connectivity index (χ2n) is 5.19. The van der Waals surface area contributed by atoms with Crippen molar-refractivity contribution in [1.29, 1.82) is 0 Å². The molecule has 3 nitrogen and oxygen atoms in total. The van der Waals surface area contributed by atoms with E-state index in [0.29, 0.717) is 5.92 Å². The van der Waals surface area contributed by atoms with Gasteiger partial charge in [-0.2, -0.15) is 0 Å². The Morgan fingerprint density at radius 2 is 1.88 bits per heavy atom. The Labute approximate surface area is 103 Å². The molecule has 3 heteroatoms. The number of rotatable bonds is 5. The van der Waals surface area contributed by atoms with Gasteiger partial charge in [0.15, 0.2) is 0 Å². The molecule has 1 atom stereocenters. The summed E-state index contributed by atoms with van der Waals surface area (Å²) in [7, 11) is 0. The smallest absolute Gasteiger partial charge is 0.119 e. The highest BCUT2D eigenvalue weighted by atomic mass is 16.5. The summed E-state index contributed by atoms with van der Waals surface area (Å²) in [4.78, 5) is 0. The maximum Gasteiger partial charge on any atom is 0.119 e. The minimum absolute atomic E-state index is 0.266. The quantitative estimate of drug-likeness (QED) is 0.818. The van der Waals surface area contributed by atoms with Crippen LogP contribution in [0, 0.1) is 19.8 Å². The Balaban J connectivity index is 2.01. The van der Waals surface area contributed by atoms with E-state index in [4.69, 9.17) is 10.5 Å². The minimum Gasteiger partial charge on any atom is -0.491 e. The molecule has 94 valence electrons. The zero-order chi connectivity index (χ0) is 12.5. The molecule has 0 aliphatic heterocycles. The van der Waals surface area contributed by atoms with Gasteiger partial charge in [-0.15, -0.1) is 0 Å². The van der Waals surface area contributed by atoms with Crippen molar-refractivity contribution < 1.29 is 9.84 Å². The second kappa shape index (κ2) is 4.67. The van der Waals surface area contributed by atoms with E-state index in [1.165, 1.54) is 11.1 Å². The van der Waals surface area contributed by atoms with Crippen molar-refractivity contribution >= 4 is 0 Å². The molecule has 1 fully saturated rings. The number of benzene rings is 1. The van der Waals surface area contributed by atoms with Crippen LogP contribution in [0.15, 0.2) is 18.2 Å². The zero-order valence-corrected chi connectivity index (χ0v) is 10.6. The van der Waals surface area contributed by atoms with Crippen LogP contribution in [0.4, 0.5) is 0 Å². The van der Waals surface area contributed by atoms with Gasteiger partial charge in [-0.1, -0.05) is 6.07 Å². The minimum atomic E-state index is -0.850. The van der Waals surface area contributed by atoms with E-state index >= 15 is 0 Å². The van der Waals surface area contributed by atoms with Crippen LogP contribution in [0.3, 0.4) is 0 Å². The number of aryl methyl sites for hydroxylation is 2. The highest BCUT2D eigenvalue weighted by Crippen LogP contribution is 2.39. The monoisotopic (exact) mass is 235 g/mol. The number of ether oxygens (including phenoxy) is 1. The molecular formula is C14H21NO2. The molecule has 1 aliphatic carbocycles. The lowest BCUT2D eigenvalue weighted by Gasteiger charge is -2.26. The molecule has 0 amide bonds. The third-order valence-corrected chi connectivity index (χ3v) is 3.37. The molecule has 1 saturated carbocycles. The van der Waals surface area contributed by atoms with E-state index < -0.39 is 5.60 Å². The summed E-state index contributed by atoms with van der Waals surface area (Å²) < 4.78 is 5.70. The summed E-state index contributed by atoms with van der Waals surface area (Å²) in [5.41, 5.74) is 7.13. The van der Waals surface area contributed by atoms with Crippen LogP contribution in [0.25, 0.3) is 0 Å². The molecule has 0 radical (unpaired) electrons. The van der Waals surface area contributed by atoms with E-state index in [1.807, 2.05) is 26.0 Å². The Hall–Kier alpha value is -1.06. The Morgan fingerprint density at radius 3 is 2.35 bits per heavy atom. The van der Waals surface area contributed by atoms with Crippen LogP contribution in [-0.2, 0) is 0 Å². The number of nitrogens with two attached hydrogens (primary N) is 1. The average molecular weight is 235 g/mol. The molecule has 17 heavy (non-hydrogen) atoms. The van der Waals surface area contributed by atoms with Gasteiger partial charge >= 0.3 is 0 Å². The molecule has 0 aromatic heterocycles. The fourth-order valence-corrected chi connectivity index (χ4v) is 2.19.